The molecule has 7 nitrogen and oxygen atoms in total. The van der Waals surface area contributed by atoms with Crippen LogP contribution >= 0.6 is 0 Å². The normalized spacial score (nSPS) is 11.7. The van der Waals surface area contributed by atoms with Crippen molar-refractivity contribution in [2.75, 3.05) is 0 Å². The number of nitriles is 3. The number of hydrogen-bond donors (Lipinski definition) is 0. The first kappa shape index (κ1) is 35.0. The maximum atomic E-state index is 15.0. The molecule has 2 heterocycles. The van der Waals surface area contributed by atoms with Gasteiger partial charge in [0.25, 0.3) is 0 Å². The summed E-state index contributed by atoms with van der Waals surface area (Å²) in [5.41, 5.74) is -1.18. The number of halogens is 6. The van der Waals surface area contributed by atoms with Crippen molar-refractivity contribution in [3.8, 4) is 40.7 Å². The Morgan fingerprint density at radius 1 is 0.482 bits per heavy atom. The lowest BCUT2D eigenvalue weighted by Crippen LogP contribution is -2.13. The van der Waals surface area contributed by atoms with E-state index in [1.807, 2.05) is 0 Å². The van der Waals surface area contributed by atoms with Gasteiger partial charge in [0.05, 0.1) is 86.5 Å². The molecular weight excluding hydrogens is 729 g/mol. The minimum absolute atomic E-state index is 0.000911. The molecule has 8 aromatic rings. The molecule has 0 saturated heterocycles. The fraction of sp³-hybridized carbons (Fsp3) is 0.0465. The lowest BCUT2D eigenvalue weighted by molar-refractivity contribution is -0.142. The Hall–Kier alpha value is -8.05. The quantitative estimate of drug-likeness (QED) is 0.133. The van der Waals surface area contributed by atoms with Gasteiger partial charge in [0, 0.05) is 16.3 Å². The van der Waals surface area contributed by atoms with Crippen molar-refractivity contribution in [3.05, 3.63) is 154 Å². The molecule has 0 N–H and O–H groups in total. The molecule has 2 aromatic heterocycles. The molecule has 0 fully saturated rings. The van der Waals surface area contributed by atoms with Crippen LogP contribution in [0.3, 0.4) is 0 Å². The average molecular weight is 746 g/mol. The van der Waals surface area contributed by atoms with Crippen molar-refractivity contribution < 1.29 is 26.3 Å². The van der Waals surface area contributed by atoms with Gasteiger partial charge in [-0.3, -0.25) is 0 Å². The Kier molecular flexibility index (Phi) is 7.83. The van der Waals surface area contributed by atoms with Gasteiger partial charge in [-0.2, -0.15) is 42.1 Å². The van der Waals surface area contributed by atoms with Crippen molar-refractivity contribution in [1.29, 1.82) is 15.8 Å². The summed E-state index contributed by atoms with van der Waals surface area (Å²) in [5, 5.41) is 32.1. The number of hydrogen-bond acceptors (Lipinski definition) is 3. The van der Waals surface area contributed by atoms with Gasteiger partial charge in [-0.05, 0) is 101 Å². The van der Waals surface area contributed by atoms with Gasteiger partial charge in [-0.25, -0.2) is 9.69 Å². The highest BCUT2D eigenvalue weighted by atomic mass is 19.4. The molecule has 0 aliphatic heterocycles. The van der Waals surface area contributed by atoms with Crippen LogP contribution in [0.4, 0.5) is 37.7 Å². The number of rotatable bonds is 3. The molecule has 0 aliphatic carbocycles. The first-order valence-corrected chi connectivity index (χ1v) is 16.4. The highest BCUT2D eigenvalue weighted by Gasteiger charge is 2.39. The largest absolute Gasteiger partial charge is 0.417 e. The molecule has 0 radical (unpaired) electrons. The Morgan fingerprint density at radius 3 is 1.41 bits per heavy atom. The first-order valence-electron chi connectivity index (χ1n) is 16.4. The summed E-state index contributed by atoms with van der Waals surface area (Å²) < 4.78 is 89.9. The Bertz CT molecular complexity index is 3100. The molecule has 8 rings (SSSR count). The molecule has 0 amide bonds. The predicted molar refractivity (Wildman–Crippen MR) is 197 cm³/mol. The zero-order valence-electron chi connectivity index (χ0n) is 28.2. The smallest absolute Gasteiger partial charge is 0.309 e. The van der Waals surface area contributed by atoms with E-state index in [9.17, 15) is 42.1 Å². The van der Waals surface area contributed by atoms with Crippen LogP contribution < -0.4 is 0 Å². The molecule has 0 aliphatic rings. The van der Waals surface area contributed by atoms with Crippen molar-refractivity contribution >= 4 is 55.0 Å². The van der Waals surface area contributed by atoms with Gasteiger partial charge in [0.15, 0.2) is 11.4 Å². The Balaban J connectivity index is 1.57. The molecular formula is C43H17F6N7. The van der Waals surface area contributed by atoms with Gasteiger partial charge in [0.2, 0.25) is 0 Å². The molecule has 0 unspecified atom stereocenters. The van der Waals surface area contributed by atoms with E-state index in [4.69, 9.17) is 13.1 Å². The molecule has 56 heavy (non-hydrogen) atoms. The summed E-state index contributed by atoms with van der Waals surface area (Å²) in [7, 11) is 0. The highest BCUT2D eigenvalue weighted by Crippen LogP contribution is 2.46. The predicted octanol–water partition coefficient (Wildman–Crippen LogP) is 12.3. The third-order valence-corrected chi connectivity index (χ3v) is 9.67. The second kappa shape index (κ2) is 12.5. The van der Waals surface area contributed by atoms with Crippen LogP contribution in [0.5, 0.6) is 0 Å². The van der Waals surface area contributed by atoms with Gasteiger partial charge in [0.1, 0.15) is 6.07 Å². The third kappa shape index (κ3) is 5.41. The van der Waals surface area contributed by atoms with Crippen molar-refractivity contribution in [1.82, 2.24) is 9.13 Å². The topological polar surface area (TPSA) is 89.9 Å². The van der Waals surface area contributed by atoms with E-state index < -0.39 is 29.0 Å². The number of aromatic nitrogens is 2. The van der Waals surface area contributed by atoms with Crippen molar-refractivity contribution in [2.24, 2.45) is 0 Å². The monoisotopic (exact) mass is 745 g/mol. The van der Waals surface area contributed by atoms with E-state index in [1.165, 1.54) is 36.4 Å². The van der Waals surface area contributed by atoms with Crippen LogP contribution in [0, 0.1) is 47.1 Å². The second-order valence-electron chi connectivity index (χ2n) is 12.7. The molecule has 0 saturated carbocycles. The van der Waals surface area contributed by atoms with Crippen LogP contribution in [0.25, 0.3) is 75.8 Å². The molecule has 0 atom stereocenters. The van der Waals surface area contributed by atoms with E-state index >= 15 is 0 Å². The Morgan fingerprint density at radius 2 is 0.964 bits per heavy atom. The Labute approximate surface area is 312 Å². The van der Waals surface area contributed by atoms with Crippen LogP contribution in [0.2, 0.25) is 0 Å². The lowest BCUT2D eigenvalue weighted by Gasteiger charge is -2.22. The molecule has 266 valence electrons. The van der Waals surface area contributed by atoms with E-state index in [0.29, 0.717) is 49.7 Å². The van der Waals surface area contributed by atoms with Gasteiger partial charge in [-0.15, -0.1) is 0 Å². The van der Waals surface area contributed by atoms with Crippen molar-refractivity contribution in [3.63, 3.8) is 0 Å². The summed E-state index contributed by atoms with van der Waals surface area (Å²) in [6, 6.07) is 29.1. The van der Waals surface area contributed by atoms with Crippen molar-refractivity contribution in [2.45, 2.75) is 12.4 Å². The van der Waals surface area contributed by atoms with Crippen LogP contribution in [0.1, 0.15) is 27.8 Å². The van der Waals surface area contributed by atoms with E-state index in [-0.39, 0.29) is 51.1 Å². The minimum atomic E-state index is -5.27. The van der Waals surface area contributed by atoms with Gasteiger partial charge < -0.3 is 9.13 Å². The second-order valence-corrected chi connectivity index (χ2v) is 12.7. The number of alkyl halides is 6. The average Bonchev–Trinajstić information content (AvgIpc) is 3.70. The number of benzene rings is 6. The van der Waals surface area contributed by atoms with Crippen LogP contribution in [0.15, 0.2) is 103 Å². The SMILES string of the molecule is [C-]#[N+]c1ccc2c(c1)c1cc([N+]#[C-])ccc1n2-c1cc(C#N)c(-n2c3ccc(C#N)cc3c3cc(C#N)ccc32)cc1-c1ccc(C(F)(F)F)cc1C(F)(F)F. The molecule has 6 aromatic carbocycles. The lowest BCUT2D eigenvalue weighted by atomic mass is 9.93. The number of fused-ring (bicyclic) bond motifs is 6. The van der Waals surface area contributed by atoms with Gasteiger partial charge in [-0.1, -0.05) is 18.2 Å². The molecule has 0 spiro atoms. The number of nitrogens with zero attached hydrogens (tertiary/aromatic N) is 7. The summed E-state index contributed by atoms with van der Waals surface area (Å²) in [6.45, 7) is 15.2. The first-order chi connectivity index (χ1) is 26.8. The zero-order chi connectivity index (χ0) is 39.7. The molecule has 13 heteroatoms. The summed E-state index contributed by atoms with van der Waals surface area (Å²) in [4.78, 5) is 7.01. The standard InChI is InChI=1S/C43H17F6N7/c1-53-27-6-11-38-32(17-27)33-18-28(54-2)7-12-39(33)56(38)41-15-25(22-52)40(19-34(41)29-8-5-26(42(44,45)46)16-35(29)43(47,48)49)55-36-9-3-23(20-50)13-30(36)31-14-24(21-51)4-10-37(31)55/h3-19H. The molecule has 0 bridgehead atoms. The van der Waals surface area contributed by atoms with E-state index in [0.717, 1.165) is 6.07 Å². The van der Waals surface area contributed by atoms with Crippen LogP contribution in [-0.2, 0) is 12.4 Å². The minimum Gasteiger partial charge on any atom is -0.309 e. The summed E-state index contributed by atoms with van der Waals surface area (Å²) in [5.74, 6) is 0. The van der Waals surface area contributed by atoms with E-state index in [1.54, 1.807) is 57.7 Å². The summed E-state index contributed by atoms with van der Waals surface area (Å²) in [6.07, 6.45) is -10.4. The highest BCUT2D eigenvalue weighted by molar-refractivity contribution is 6.13. The third-order valence-electron chi connectivity index (χ3n) is 9.67. The fourth-order valence-electron chi connectivity index (χ4n) is 7.26. The summed E-state index contributed by atoms with van der Waals surface area (Å²) >= 11 is 0. The maximum Gasteiger partial charge on any atom is 0.417 e. The fourth-order valence-corrected chi connectivity index (χ4v) is 7.26. The maximum absolute atomic E-state index is 15.0. The zero-order valence-corrected chi connectivity index (χ0v) is 28.2. The van der Waals surface area contributed by atoms with Crippen LogP contribution in [-0.4, -0.2) is 9.13 Å². The van der Waals surface area contributed by atoms with E-state index in [2.05, 4.69) is 27.9 Å². The van der Waals surface area contributed by atoms with Gasteiger partial charge >= 0.3 is 12.4 Å².